The molecule has 2 rings (SSSR count). The zero-order chi connectivity index (χ0) is 13.0. The quantitative estimate of drug-likeness (QED) is 0.899. The largest absolute Gasteiger partial charge is 0.496 e. The molecule has 0 saturated heterocycles. The first-order valence-corrected chi connectivity index (χ1v) is 6.82. The fourth-order valence-corrected chi connectivity index (χ4v) is 2.49. The Morgan fingerprint density at radius 1 is 1.28 bits per heavy atom. The van der Waals surface area contributed by atoms with Crippen LogP contribution in [-0.2, 0) is 13.1 Å². The predicted octanol–water partition coefficient (Wildman–Crippen LogP) is 3.06. The fourth-order valence-electron chi connectivity index (χ4n) is 1.87. The van der Waals surface area contributed by atoms with Gasteiger partial charge in [-0.25, -0.2) is 4.98 Å². The average molecular weight is 262 g/mol. The molecule has 0 bridgehead atoms. The van der Waals surface area contributed by atoms with Crippen LogP contribution in [0.25, 0.3) is 0 Å². The minimum atomic E-state index is 0.815. The molecule has 0 aliphatic rings. The van der Waals surface area contributed by atoms with Crippen LogP contribution in [0.3, 0.4) is 0 Å². The van der Waals surface area contributed by atoms with Crippen LogP contribution in [-0.4, -0.2) is 12.1 Å². The van der Waals surface area contributed by atoms with E-state index in [0.29, 0.717) is 0 Å². The van der Waals surface area contributed by atoms with E-state index in [9.17, 15) is 0 Å². The van der Waals surface area contributed by atoms with E-state index in [0.717, 1.165) is 29.5 Å². The number of methoxy groups -OCH3 is 1. The molecule has 0 aliphatic carbocycles. The number of ether oxygens (including phenoxy) is 1. The second kappa shape index (κ2) is 5.98. The third-order valence-corrected chi connectivity index (χ3v) is 3.58. The second-order valence-corrected chi connectivity index (χ2v) is 5.33. The van der Waals surface area contributed by atoms with Gasteiger partial charge in [-0.2, -0.15) is 0 Å². The van der Waals surface area contributed by atoms with Crippen LogP contribution in [0.5, 0.6) is 5.75 Å². The average Bonchev–Trinajstić information content (AvgIpc) is 2.75. The van der Waals surface area contributed by atoms with E-state index in [-0.39, 0.29) is 0 Å². The summed E-state index contributed by atoms with van der Waals surface area (Å²) in [4.78, 5) is 4.42. The van der Waals surface area contributed by atoms with Crippen LogP contribution in [0.1, 0.15) is 21.8 Å². The Kier molecular flexibility index (Phi) is 4.33. The summed E-state index contributed by atoms with van der Waals surface area (Å²) in [7, 11) is 1.70. The maximum atomic E-state index is 5.25. The Bertz CT molecular complexity index is 522. The van der Waals surface area contributed by atoms with E-state index < -0.39 is 0 Å². The monoisotopic (exact) mass is 262 g/mol. The Morgan fingerprint density at radius 3 is 2.72 bits per heavy atom. The first-order chi connectivity index (χ1) is 8.69. The SMILES string of the molecule is COc1ccc(CNCc2csc(C)n2)cc1C. The standard InChI is InChI=1S/C14H18N2OS/c1-10-6-12(4-5-14(10)17-3)7-15-8-13-9-18-11(2)16-13/h4-6,9,15H,7-8H2,1-3H3. The highest BCUT2D eigenvalue weighted by Gasteiger charge is 2.01. The van der Waals surface area contributed by atoms with Gasteiger partial charge >= 0.3 is 0 Å². The first kappa shape index (κ1) is 13.1. The normalized spacial score (nSPS) is 10.6. The van der Waals surface area contributed by atoms with Crippen molar-refractivity contribution in [3.05, 3.63) is 45.4 Å². The van der Waals surface area contributed by atoms with Crippen molar-refractivity contribution in [2.75, 3.05) is 7.11 Å². The molecule has 0 spiro atoms. The van der Waals surface area contributed by atoms with Gasteiger partial charge in [0.15, 0.2) is 0 Å². The summed E-state index contributed by atoms with van der Waals surface area (Å²) >= 11 is 1.69. The van der Waals surface area contributed by atoms with Crippen molar-refractivity contribution in [2.24, 2.45) is 0 Å². The molecule has 0 amide bonds. The number of hydrogen-bond donors (Lipinski definition) is 1. The number of thiazole rings is 1. The number of nitrogens with one attached hydrogen (secondary N) is 1. The molecule has 1 aromatic carbocycles. The number of nitrogens with zero attached hydrogens (tertiary/aromatic N) is 1. The van der Waals surface area contributed by atoms with Crippen LogP contribution in [0.2, 0.25) is 0 Å². The van der Waals surface area contributed by atoms with Crippen molar-refractivity contribution in [3.63, 3.8) is 0 Å². The molecular weight excluding hydrogens is 244 g/mol. The lowest BCUT2D eigenvalue weighted by Crippen LogP contribution is -2.13. The highest BCUT2D eigenvalue weighted by atomic mass is 32.1. The molecule has 0 fully saturated rings. The molecule has 0 radical (unpaired) electrons. The van der Waals surface area contributed by atoms with E-state index in [1.165, 1.54) is 11.1 Å². The fraction of sp³-hybridized carbons (Fsp3) is 0.357. The summed E-state index contributed by atoms with van der Waals surface area (Å²) in [5, 5.41) is 6.62. The van der Waals surface area contributed by atoms with Crippen LogP contribution >= 0.6 is 11.3 Å². The van der Waals surface area contributed by atoms with E-state index in [1.807, 2.05) is 13.0 Å². The van der Waals surface area contributed by atoms with E-state index in [2.05, 4.69) is 34.7 Å². The topological polar surface area (TPSA) is 34.1 Å². The molecule has 96 valence electrons. The molecule has 0 unspecified atom stereocenters. The minimum Gasteiger partial charge on any atom is -0.496 e. The number of rotatable bonds is 5. The van der Waals surface area contributed by atoms with Gasteiger partial charge in [-0.05, 0) is 31.0 Å². The van der Waals surface area contributed by atoms with Crippen molar-refractivity contribution in [2.45, 2.75) is 26.9 Å². The molecule has 2 aromatic rings. The zero-order valence-electron chi connectivity index (χ0n) is 11.0. The molecule has 0 atom stereocenters. The Balaban J connectivity index is 1.88. The summed E-state index contributed by atoms with van der Waals surface area (Å²) in [5.74, 6) is 0.939. The van der Waals surface area contributed by atoms with Gasteiger partial charge in [-0.3, -0.25) is 0 Å². The summed E-state index contributed by atoms with van der Waals surface area (Å²) < 4.78 is 5.25. The smallest absolute Gasteiger partial charge is 0.121 e. The molecule has 1 aromatic heterocycles. The van der Waals surface area contributed by atoms with Crippen LogP contribution < -0.4 is 10.1 Å². The van der Waals surface area contributed by atoms with Gasteiger partial charge in [-0.15, -0.1) is 11.3 Å². The van der Waals surface area contributed by atoms with E-state index >= 15 is 0 Å². The van der Waals surface area contributed by atoms with Gasteiger partial charge in [0.2, 0.25) is 0 Å². The molecule has 0 saturated carbocycles. The molecular formula is C14H18N2OS. The van der Waals surface area contributed by atoms with Gasteiger partial charge < -0.3 is 10.1 Å². The lowest BCUT2D eigenvalue weighted by atomic mass is 10.1. The second-order valence-electron chi connectivity index (χ2n) is 4.27. The highest BCUT2D eigenvalue weighted by Crippen LogP contribution is 2.18. The lowest BCUT2D eigenvalue weighted by molar-refractivity contribution is 0.411. The van der Waals surface area contributed by atoms with Gasteiger partial charge in [0, 0.05) is 18.5 Å². The third-order valence-electron chi connectivity index (χ3n) is 2.76. The zero-order valence-corrected chi connectivity index (χ0v) is 11.8. The Hall–Kier alpha value is -1.39. The third kappa shape index (κ3) is 3.31. The van der Waals surface area contributed by atoms with Crippen molar-refractivity contribution in [3.8, 4) is 5.75 Å². The molecule has 1 heterocycles. The summed E-state index contributed by atoms with van der Waals surface area (Å²) in [6, 6.07) is 6.25. The minimum absolute atomic E-state index is 0.815. The van der Waals surface area contributed by atoms with Gasteiger partial charge in [0.25, 0.3) is 0 Å². The van der Waals surface area contributed by atoms with Crippen LogP contribution in [0, 0.1) is 13.8 Å². The van der Waals surface area contributed by atoms with E-state index in [1.54, 1.807) is 18.4 Å². The number of aromatic nitrogens is 1. The van der Waals surface area contributed by atoms with Crippen molar-refractivity contribution >= 4 is 11.3 Å². The highest BCUT2D eigenvalue weighted by molar-refractivity contribution is 7.09. The van der Waals surface area contributed by atoms with Crippen molar-refractivity contribution in [1.29, 1.82) is 0 Å². The molecule has 4 heteroatoms. The molecule has 18 heavy (non-hydrogen) atoms. The Labute approximate surface area is 112 Å². The number of hydrogen-bond acceptors (Lipinski definition) is 4. The van der Waals surface area contributed by atoms with Gasteiger partial charge in [0.1, 0.15) is 5.75 Å². The van der Waals surface area contributed by atoms with Crippen LogP contribution in [0.4, 0.5) is 0 Å². The lowest BCUT2D eigenvalue weighted by Gasteiger charge is -2.08. The van der Waals surface area contributed by atoms with Gasteiger partial charge in [0.05, 0.1) is 17.8 Å². The Morgan fingerprint density at radius 2 is 2.11 bits per heavy atom. The maximum Gasteiger partial charge on any atom is 0.121 e. The van der Waals surface area contributed by atoms with Crippen molar-refractivity contribution < 1.29 is 4.74 Å². The summed E-state index contributed by atoms with van der Waals surface area (Å²) in [5.41, 5.74) is 3.55. The number of benzene rings is 1. The first-order valence-electron chi connectivity index (χ1n) is 5.94. The van der Waals surface area contributed by atoms with Gasteiger partial charge in [-0.1, -0.05) is 12.1 Å². The molecule has 1 N–H and O–H groups in total. The van der Waals surface area contributed by atoms with Crippen LogP contribution in [0.15, 0.2) is 23.6 Å². The molecule has 3 nitrogen and oxygen atoms in total. The molecule has 0 aliphatic heterocycles. The number of aryl methyl sites for hydroxylation is 2. The van der Waals surface area contributed by atoms with Crippen molar-refractivity contribution in [1.82, 2.24) is 10.3 Å². The summed E-state index contributed by atoms with van der Waals surface area (Å²) in [6.45, 7) is 5.75. The predicted molar refractivity (Wildman–Crippen MR) is 75.1 cm³/mol. The van der Waals surface area contributed by atoms with E-state index in [4.69, 9.17) is 4.74 Å². The summed E-state index contributed by atoms with van der Waals surface area (Å²) in [6.07, 6.45) is 0. The maximum absolute atomic E-state index is 5.25.